The van der Waals surface area contributed by atoms with Crippen molar-refractivity contribution in [3.05, 3.63) is 111 Å². The quantitative estimate of drug-likeness (QED) is 0.310. The fraction of sp³-hybridized carbons (Fsp3) is 0.267. The summed E-state index contributed by atoms with van der Waals surface area (Å²) >= 11 is 0. The van der Waals surface area contributed by atoms with Crippen molar-refractivity contribution in [2.45, 2.75) is 32.5 Å². The molecule has 2 aromatic heterocycles. The number of aromatic nitrogens is 3. The van der Waals surface area contributed by atoms with Crippen molar-refractivity contribution in [1.82, 2.24) is 24.6 Å². The van der Waals surface area contributed by atoms with Gasteiger partial charge < -0.3 is 19.5 Å². The third-order valence-corrected chi connectivity index (χ3v) is 7.80. The number of rotatable bonds is 9. The normalized spacial score (nSPS) is 13.1. The van der Waals surface area contributed by atoms with E-state index in [1.807, 2.05) is 30.3 Å². The summed E-state index contributed by atoms with van der Waals surface area (Å²) in [4.78, 5) is 38.8. The molecule has 41 heavy (non-hydrogen) atoms. The van der Waals surface area contributed by atoms with E-state index in [0.717, 1.165) is 11.1 Å². The number of pyridine rings is 1. The van der Waals surface area contributed by atoms with Gasteiger partial charge in [0.05, 0.1) is 31.5 Å². The second-order valence-electron chi connectivity index (χ2n) is 10.1. The molecule has 0 radical (unpaired) electrons. The number of nitrogens with one attached hydrogen (secondary N) is 1. The van der Waals surface area contributed by atoms with Gasteiger partial charge in [0.25, 0.3) is 11.5 Å². The van der Waals surface area contributed by atoms with Crippen molar-refractivity contribution in [2.24, 2.45) is 0 Å². The van der Waals surface area contributed by atoms with Crippen LogP contribution in [0.25, 0.3) is 0 Å². The molecule has 1 atom stereocenters. The van der Waals surface area contributed by atoms with E-state index >= 15 is 0 Å². The Bertz CT molecular complexity index is 1640. The summed E-state index contributed by atoms with van der Waals surface area (Å²) in [5.74, 6) is -0.880. The first kappa shape index (κ1) is 28.2. The highest BCUT2D eigenvalue weighted by Gasteiger charge is 2.35. The zero-order chi connectivity index (χ0) is 29.1. The number of benzene rings is 2. The highest BCUT2D eigenvalue weighted by atomic mass is 31.0. The molecule has 212 valence electrons. The number of amides is 2. The minimum Gasteiger partial charge on any atom is -0.494 e. The molecule has 5 rings (SSSR count). The van der Waals surface area contributed by atoms with Crippen LogP contribution in [0.15, 0.2) is 71.8 Å². The standard InChI is InChI=1S/C30H31FN5O4P/c1-19(37)35-16-22(17-35)29-24(30(39)32-13-23-26(41)11-10-25(40-2)28(23)31)18-36(33-29)15-21-8-6-20(7-9-21)14-34-12-4-3-5-27(34)38/h3-12,18,22H,13-17,41H2,1-2H3,(H,32,39). The maximum absolute atomic E-state index is 14.8. The molecule has 1 fully saturated rings. The molecule has 1 aliphatic heterocycles. The summed E-state index contributed by atoms with van der Waals surface area (Å²) in [7, 11) is 3.87. The monoisotopic (exact) mass is 575 g/mol. The van der Waals surface area contributed by atoms with Crippen molar-refractivity contribution in [3.63, 3.8) is 0 Å². The zero-order valence-electron chi connectivity index (χ0n) is 22.8. The lowest BCUT2D eigenvalue weighted by Gasteiger charge is -2.38. The van der Waals surface area contributed by atoms with E-state index in [1.54, 1.807) is 38.7 Å². The molecule has 3 heterocycles. The predicted molar refractivity (Wildman–Crippen MR) is 156 cm³/mol. The van der Waals surface area contributed by atoms with E-state index in [2.05, 4.69) is 14.6 Å². The molecule has 1 unspecified atom stereocenters. The molecule has 9 nitrogen and oxygen atoms in total. The smallest absolute Gasteiger partial charge is 0.255 e. The molecule has 1 aliphatic rings. The number of nitrogens with zero attached hydrogens (tertiary/aromatic N) is 4. The Morgan fingerprint density at radius 2 is 1.78 bits per heavy atom. The SMILES string of the molecule is COc1ccc(P)c(CNC(=O)c2cn(Cc3ccc(Cn4ccccc4=O)cc3)nc2C2CN(C(C)=O)C2)c1F. The summed E-state index contributed by atoms with van der Waals surface area (Å²) in [5, 5.41) is 8.19. The largest absolute Gasteiger partial charge is 0.494 e. The molecule has 11 heteroatoms. The van der Waals surface area contributed by atoms with Crippen molar-refractivity contribution >= 4 is 26.4 Å². The van der Waals surface area contributed by atoms with Crippen LogP contribution in [-0.2, 0) is 24.4 Å². The summed E-state index contributed by atoms with van der Waals surface area (Å²) in [6.07, 6.45) is 3.45. The summed E-state index contributed by atoms with van der Waals surface area (Å²) in [6, 6.07) is 16.2. The number of likely N-dealkylation sites (tertiary alicyclic amines) is 1. The van der Waals surface area contributed by atoms with Crippen molar-refractivity contribution < 1.29 is 18.7 Å². The van der Waals surface area contributed by atoms with Gasteiger partial charge in [-0.1, -0.05) is 36.4 Å². The van der Waals surface area contributed by atoms with Crippen LogP contribution in [0.1, 0.15) is 45.6 Å². The first-order valence-electron chi connectivity index (χ1n) is 13.2. The molecule has 0 saturated carbocycles. The predicted octanol–water partition coefficient (Wildman–Crippen LogP) is 2.67. The van der Waals surface area contributed by atoms with Gasteiger partial charge in [-0.25, -0.2) is 4.39 Å². The second-order valence-corrected chi connectivity index (χ2v) is 10.7. The Morgan fingerprint density at radius 3 is 2.44 bits per heavy atom. The molecule has 2 amide bonds. The van der Waals surface area contributed by atoms with Gasteiger partial charge in [-0.05, 0) is 28.6 Å². The number of carbonyl (C=O) groups is 2. The van der Waals surface area contributed by atoms with E-state index in [0.29, 0.717) is 48.3 Å². The minimum atomic E-state index is -0.520. The van der Waals surface area contributed by atoms with Crippen LogP contribution >= 0.6 is 9.24 Å². The maximum atomic E-state index is 14.8. The lowest BCUT2D eigenvalue weighted by Crippen LogP contribution is -2.48. The van der Waals surface area contributed by atoms with Gasteiger partial charge in [-0.3, -0.25) is 19.1 Å². The van der Waals surface area contributed by atoms with Gasteiger partial charge in [0.1, 0.15) is 0 Å². The Morgan fingerprint density at radius 1 is 1.07 bits per heavy atom. The van der Waals surface area contributed by atoms with E-state index < -0.39 is 5.82 Å². The highest BCUT2D eigenvalue weighted by Crippen LogP contribution is 2.29. The maximum Gasteiger partial charge on any atom is 0.255 e. The fourth-order valence-corrected chi connectivity index (χ4v) is 5.17. The van der Waals surface area contributed by atoms with E-state index in [4.69, 9.17) is 9.84 Å². The average molecular weight is 576 g/mol. The van der Waals surface area contributed by atoms with Gasteiger partial charge in [-0.2, -0.15) is 5.10 Å². The van der Waals surface area contributed by atoms with E-state index in [1.165, 1.54) is 26.2 Å². The lowest BCUT2D eigenvalue weighted by atomic mass is 9.93. The number of methoxy groups -OCH3 is 1. The Hall–Kier alpha value is -4.30. The van der Waals surface area contributed by atoms with E-state index in [-0.39, 0.29) is 35.6 Å². The molecule has 0 spiro atoms. The van der Waals surface area contributed by atoms with Crippen LogP contribution in [0, 0.1) is 5.82 Å². The van der Waals surface area contributed by atoms with Gasteiger partial charge in [0.15, 0.2) is 11.6 Å². The van der Waals surface area contributed by atoms with Gasteiger partial charge in [0.2, 0.25) is 5.91 Å². The molecule has 0 aliphatic carbocycles. The molecule has 4 aromatic rings. The molecule has 1 saturated heterocycles. The topological polar surface area (TPSA) is 98.5 Å². The van der Waals surface area contributed by atoms with Gasteiger partial charge in [0, 0.05) is 56.5 Å². The first-order valence-corrected chi connectivity index (χ1v) is 13.8. The number of halogens is 1. The third-order valence-electron chi connectivity index (χ3n) is 7.26. The summed E-state index contributed by atoms with van der Waals surface area (Å²) < 4.78 is 23.3. The Balaban J connectivity index is 1.34. The molecular formula is C30H31FN5O4P. The Kier molecular flexibility index (Phi) is 8.31. The molecule has 2 aromatic carbocycles. The van der Waals surface area contributed by atoms with Gasteiger partial charge >= 0.3 is 0 Å². The summed E-state index contributed by atoms with van der Waals surface area (Å²) in [5.41, 5.74) is 3.22. The number of carbonyl (C=O) groups excluding carboxylic acids is 2. The van der Waals surface area contributed by atoms with Crippen LogP contribution in [0.2, 0.25) is 0 Å². The minimum absolute atomic E-state index is 0.0222. The summed E-state index contributed by atoms with van der Waals surface area (Å²) in [6.45, 7) is 3.36. The fourth-order valence-electron chi connectivity index (χ4n) is 4.84. The van der Waals surface area contributed by atoms with Crippen molar-refractivity contribution in [2.75, 3.05) is 20.2 Å². The lowest BCUT2D eigenvalue weighted by molar-refractivity contribution is -0.133. The number of hydrogen-bond acceptors (Lipinski definition) is 5. The van der Waals surface area contributed by atoms with Gasteiger partial charge in [-0.15, -0.1) is 9.24 Å². The van der Waals surface area contributed by atoms with Crippen LogP contribution in [0.5, 0.6) is 5.75 Å². The average Bonchev–Trinajstić information content (AvgIpc) is 3.33. The molecule has 0 bridgehead atoms. The van der Waals surface area contributed by atoms with Crippen LogP contribution in [-0.4, -0.2) is 51.3 Å². The van der Waals surface area contributed by atoms with Crippen molar-refractivity contribution in [1.29, 1.82) is 0 Å². The number of hydrogen-bond donors (Lipinski definition) is 1. The number of ether oxygens (including phenoxy) is 1. The van der Waals surface area contributed by atoms with Crippen LogP contribution < -0.4 is 20.9 Å². The third kappa shape index (κ3) is 6.23. The van der Waals surface area contributed by atoms with Crippen molar-refractivity contribution in [3.8, 4) is 5.75 Å². The van der Waals surface area contributed by atoms with Crippen LogP contribution in [0.4, 0.5) is 4.39 Å². The zero-order valence-corrected chi connectivity index (χ0v) is 24.0. The Labute approximate surface area is 239 Å². The molecule has 1 N–H and O–H groups in total. The van der Waals surface area contributed by atoms with E-state index in [9.17, 15) is 18.8 Å². The molecular weight excluding hydrogens is 544 g/mol. The first-order chi connectivity index (χ1) is 19.7. The highest BCUT2D eigenvalue weighted by molar-refractivity contribution is 7.27. The second kappa shape index (κ2) is 12.1. The van der Waals surface area contributed by atoms with Crippen LogP contribution in [0.3, 0.4) is 0 Å².